The first-order chi connectivity index (χ1) is 12.5. The van der Waals surface area contributed by atoms with E-state index in [1.54, 1.807) is 0 Å². The molecule has 0 saturated heterocycles. The second-order valence-corrected chi connectivity index (χ2v) is 9.08. The molecular weight excluding hydrogens is 347 g/mol. The Morgan fingerprint density at radius 3 is 1.50 bits per heavy atom. The van der Waals surface area contributed by atoms with Crippen LogP contribution >= 0.6 is 7.82 Å². The van der Waals surface area contributed by atoms with E-state index in [1.807, 2.05) is 0 Å². The lowest BCUT2D eigenvalue weighted by Crippen LogP contribution is -2.13. The summed E-state index contributed by atoms with van der Waals surface area (Å²) in [5.41, 5.74) is 0. The Labute approximate surface area is 163 Å². The average molecular weight is 393 g/mol. The summed E-state index contributed by atoms with van der Waals surface area (Å²) in [6.45, 7) is 12.2. The molecule has 26 heavy (non-hydrogen) atoms. The highest BCUT2D eigenvalue weighted by Gasteiger charge is 2.29. The summed E-state index contributed by atoms with van der Waals surface area (Å²) in [5, 5.41) is 0. The molecule has 0 aliphatic heterocycles. The molecule has 0 radical (unpaired) electrons. The minimum Gasteiger partial charge on any atom is -0.287 e. The molecule has 0 aromatic rings. The van der Waals surface area contributed by atoms with Crippen LogP contribution in [0.4, 0.5) is 0 Å². The molecule has 0 amide bonds. The summed E-state index contributed by atoms with van der Waals surface area (Å²) in [5.74, 6) is 0.848. The van der Waals surface area contributed by atoms with Crippen molar-refractivity contribution in [2.75, 3.05) is 19.8 Å². The van der Waals surface area contributed by atoms with Crippen molar-refractivity contribution in [2.24, 2.45) is 11.8 Å². The van der Waals surface area contributed by atoms with E-state index in [2.05, 4.69) is 34.6 Å². The third-order valence-corrected chi connectivity index (χ3v) is 6.45. The molecular formula is C21H45O4P. The Morgan fingerprint density at radius 1 is 0.654 bits per heavy atom. The van der Waals surface area contributed by atoms with Crippen molar-refractivity contribution in [3.63, 3.8) is 0 Å². The van der Waals surface area contributed by atoms with E-state index in [1.165, 1.54) is 25.7 Å². The largest absolute Gasteiger partial charge is 0.474 e. The van der Waals surface area contributed by atoms with E-state index in [-0.39, 0.29) is 0 Å². The molecule has 0 saturated carbocycles. The molecule has 0 aliphatic rings. The normalized spacial score (nSPS) is 16.3. The summed E-state index contributed by atoms with van der Waals surface area (Å²) in [6.07, 6.45) is 12.1. The van der Waals surface area contributed by atoms with Gasteiger partial charge < -0.3 is 0 Å². The maximum Gasteiger partial charge on any atom is 0.474 e. The Balaban J connectivity index is 4.63. The van der Waals surface area contributed by atoms with Gasteiger partial charge in [0.05, 0.1) is 19.8 Å². The fourth-order valence-electron chi connectivity index (χ4n) is 2.83. The molecule has 0 bridgehead atoms. The fourth-order valence-corrected chi connectivity index (χ4v) is 4.19. The first-order valence-corrected chi connectivity index (χ1v) is 12.5. The van der Waals surface area contributed by atoms with Crippen LogP contribution in [0.5, 0.6) is 0 Å². The zero-order chi connectivity index (χ0) is 19.7. The van der Waals surface area contributed by atoms with Gasteiger partial charge in [-0.15, -0.1) is 0 Å². The van der Waals surface area contributed by atoms with Gasteiger partial charge in [0.1, 0.15) is 0 Å². The van der Waals surface area contributed by atoms with Crippen molar-refractivity contribution in [1.29, 1.82) is 0 Å². The van der Waals surface area contributed by atoms with Crippen molar-refractivity contribution in [2.45, 2.75) is 105 Å². The molecule has 0 fully saturated rings. The van der Waals surface area contributed by atoms with Crippen LogP contribution in [0.2, 0.25) is 0 Å². The number of phosphoric acid groups is 1. The van der Waals surface area contributed by atoms with Crippen molar-refractivity contribution in [3.05, 3.63) is 0 Å². The summed E-state index contributed by atoms with van der Waals surface area (Å²) in [4.78, 5) is 0. The quantitative estimate of drug-likeness (QED) is 0.166. The van der Waals surface area contributed by atoms with Gasteiger partial charge in [-0.25, -0.2) is 4.57 Å². The number of phosphoric ester groups is 1. The van der Waals surface area contributed by atoms with E-state index in [0.717, 1.165) is 44.9 Å². The number of unbranched alkanes of at least 4 members (excludes halogenated alkanes) is 4. The van der Waals surface area contributed by atoms with Gasteiger partial charge in [-0.2, -0.15) is 0 Å². The van der Waals surface area contributed by atoms with Crippen molar-refractivity contribution in [1.82, 2.24) is 0 Å². The molecule has 0 aliphatic carbocycles. The molecule has 0 spiro atoms. The van der Waals surface area contributed by atoms with E-state index in [9.17, 15) is 4.57 Å². The van der Waals surface area contributed by atoms with Crippen molar-refractivity contribution in [3.8, 4) is 0 Å². The maximum absolute atomic E-state index is 13.1. The van der Waals surface area contributed by atoms with E-state index >= 15 is 0 Å². The zero-order valence-electron chi connectivity index (χ0n) is 18.1. The molecule has 2 atom stereocenters. The van der Waals surface area contributed by atoms with Gasteiger partial charge in [0.25, 0.3) is 0 Å². The van der Waals surface area contributed by atoms with Crippen molar-refractivity contribution >= 4 is 7.82 Å². The van der Waals surface area contributed by atoms with Gasteiger partial charge in [-0.1, -0.05) is 86.0 Å². The number of rotatable bonds is 19. The first-order valence-electron chi connectivity index (χ1n) is 11.1. The van der Waals surface area contributed by atoms with E-state index in [4.69, 9.17) is 13.6 Å². The Morgan fingerprint density at radius 2 is 1.12 bits per heavy atom. The summed E-state index contributed by atoms with van der Waals surface area (Å²) < 4.78 is 30.3. The molecule has 4 nitrogen and oxygen atoms in total. The van der Waals surface area contributed by atoms with Crippen LogP contribution in [0.1, 0.15) is 105 Å². The van der Waals surface area contributed by atoms with Gasteiger partial charge in [-0.3, -0.25) is 13.6 Å². The van der Waals surface area contributed by atoms with E-state index in [0.29, 0.717) is 31.7 Å². The Kier molecular flexibility index (Phi) is 17.3. The molecule has 0 N–H and O–H groups in total. The second kappa shape index (κ2) is 17.2. The van der Waals surface area contributed by atoms with Crippen molar-refractivity contribution < 1.29 is 18.1 Å². The van der Waals surface area contributed by atoms with Crippen LogP contribution in [0.15, 0.2) is 0 Å². The lowest BCUT2D eigenvalue weighted by Gasteiger charge is -2.23. The van der Waals surface area contributed by atoms with Gasteiger partial charge in [0.15, 0.2) is 0 Å². The molecule has 5 heteroatoms. The summed E-state index contributed by atoms with van der Waals surface area (Å²) in [6, 6.07) is 0. The van der Waals surface area contributed by atoms with E-state index < -0.39 is 7.82 Å². The first kappa shape index (κ1) is 26.1. The predicted molar refractivity (Wildman–Crippen MR) is 112 cm³/mol. The standard InChI is InChI=1S/C21H45O4P/c1-6-11-14-17-23-26(22,24-18-20(9-4)15-12-7-2)25-19-21(10-5)16-13-8-3/h20-21H,6-19H2,1-5H3. The van der Waals surface area contributed by atoms with Crippen LogP contribution in [0.25, 0.3) is 0 Å². The lowest BCUT2D eigenvalue weighted by atomic mass is 10.0. The topological polar surface area (TPSA) is 44.8 Å². The lowest BCUT2D eigenvalue weighted by molar-refractivity contribution is 0.0832. The zero-order valence-corrected chi connectivity index (χ0v) is 19.0. The number of hydrogen-bond acceptors (Lipinski definition) is 4. The van der Waals surface area contributed by atoms with Gasteiger partial charge >= 0.3 is 7.82 Å². The Bertz CT molecular complexity index is 325. The predicted octanol–water partition coefficient (Wildman–Crippen LogP) is 7.77. The Hall–Kier alpha value is 0.110. The van der Waals surface area contributed by atoms with Crippen LogP contribution in [0.3, 0.4) is 0 Å². The highest BCUT2D eigenvalue weighted by Crippen LogP contribution is 2.50. The molecule has 0 heterocycles. The molecule has 2 unspecified atom stereocenters. The fraction of sp³-hybridized carbons (Fsp3) is 1.00. The van der Waals surface area contributed by atoms with Gasteiger partial charge in [-0.05, 0) is 31.1 Å². The highest BCUT2D eigenvalue weighted by atomic mass is 31.2. The minimum absolute atomic E-state index is 0.424. The average Bonchev–Trinajstić information content (AvgIpc) is 2.66. The van der Waals surface area contributed by atoms with Gasteiger partial charge in [0.2, 0.25) is 0 Å². The van der Waals surface area contributed by atoms with Crippen LogP contribution in [-0.4, -0.2) is 19.8 Å². The SMILES string of the molecule is CCCCCOP(=O)(OCC(CC)CCCC)OCC(CC)CCCC. The maximum atomic E-state index is 13.1. The van der Waals surface area contributed by atoms with Crippen LogP contribution in [0, 0.1) is 11.8 Å². The monoisotopic (exact) mass is 392 g/mol. The van der Waals surface area contributed by atoms with Gasteiger partial charge in [0, 0.05) is 0 Å². The molecule has 158 valence electrons. The highest BCUT2D eigenvalue weighted by molar-refractivity contribution is 7.48. The molecule has 0 aromatic heterocycles. The number of hydrogen-bond donors (Lipinski definition) is 0. The molecule has 0 aromatic carbocycles. The molecule has 0 rings (SSSR count). The third kappa shape index (κ3) is 13.3. The summed E-state index contributed by atoms with van der Waals surface area (Å²) >= 11 is 0. The van der Waals surface area contributed by atoms with Crippen LogP contribution in [-0.2, 0) is 18.1 Å². The minimum atomic E-state index is -3.46. The third-order valence-electron chi connectivity index (χ3n) is 5.02. The van der Waals surface area contributed by atoms with Crippen LogP contribution < -0.4 is 0 Å². The smallest absolute Gasteiger partial charge is 0.287 e. The summed E-state index contributed by atoms with van der Waals surface area (Å²) in [7, 11) is -3.46. The second-order valence-electron chi connectivity index (χ2n) is 7.41.